The molecule has 0 atom stereocenters. The molecule has 1 aromatic carbocycles. The summed E-state index contributed by atoms with van der Waals surface area (Å²) in [4.78, 5) is 4.25. The first kappa shape index (κ1) is 19.8. The minimum atomic E-state index is 0. The van der Waals surface area contributed by atoms with Gasteiger partial charge in [-0.3, -0.25) is 4.99 Å². The van der Waals surface area contributed by atoms with Crippen LogP contribution in [-0.2, 0) is 6.42 Å². The summed E-state index contributed by atoms with van der Waals surface area (Å²) in [6.45, 7) is 6.10. The molecule has 0 aliphatic rings. The highest BCUT2D eigenvalue weighted by Crippen LogP contribution is 2.28. The molecule has 1 rings (SSSR count). The zero-order chi connectivity index (χ0) is 14.8. The van der Waals surface area contributed by atoms with Crippen molar-refractivity contribution in [3.63, 3.8) is 0 Å². The van der Waals surface area contributed by atoms with Crippen LogP contribution in [0.25, 0.3) is 0 Å². The molecule has 0 fully saturated rings. The molecule has 6 heteroatoms. The molecule has 0 saturated carbocycles. The molecule has 21 heavy (non-hydrogen) atoms. The number of methoxy groups -OCH3 is 1. The van der Waals surface area contributed by atoms with E-state index in [1.54, 1.807) is 7.11 Å². The lowest BCUT2D eigenvalue weighted by Crippen LogP contribution is -2.31. The zero-order valence-corrected chi connectivity index (χ0v) is 15.3. The molecule has 0 aromatic heterocycles. The van der Waals surface area contributed by atoms with E-state index in [9.17, 15) is 0 Å². The highest BCUT2D eigenvalue weighted by molar-refractivity contribution is 14.0. The second kappa shape index (κ2) is 11.5. The summed E-state index contributed by atoms with van der Waals surface area (Å²) in [5, 5.41) is 2.98. The van der Waals surface area contributed by atoms with Gasteiger partial charge in [-0.2, -0.15) is 0 Å². The maximum atomic E-state index is 5.67. The first-order chi connectivity index (χ1) is 9.71. The Kier molecular flexibility index (Phi) is 10.8. The molecular weight excluding hydrogens is 381 g/mol. The first-order valence-electron chi connectivity index (χ1n) is 7.04. The molecule has 5 nitrogen and oxygen atoms in total. The van der Waals surface area contributed by atoms with E-state index in [-0.39, 0.29) is 24.0 Å². The van der Waals surface area contributed by atoms with Gasteiger partial charge in [-0.05, 0) is 44.4 Å². The van der Waals surface area contributed by atoms with E-state index in [0.717, 1.165) is 37.4 Å². The smallest absolute Gasteiger partial charge is 0.188 e. The summed E-state index contributed by atoms with van der Waals surface area (Å²) in [7, 11) is 1.65. The van der Waals surface area contributed by atoms with E-state index in [1.807, 2.05) is 26.0 Å². The van der Waals surface area contributed by atoms with E-state index >= 15 is 0 Å². The van der Waals surface area contributed by atoms with E-state index < -0.39 is 0 Å². The molecule has 0 saturated heterocycles. The van der Waals surface area contributed by atoms with Crippen LogP contribution in [0, 0.1) is 0 Å². The molecule has 0 unspecified atom stereocenters. The number of halogens is 1. The van der Waals surface area contributed by atoms with Gasteiger partial charge >= 0.3 is 0 Å². The van der Waals surface area contributed by atoms with Gasteiger partial charge in [0.2, 0.25) is 0 Å². The van der Waals surface area contributed by atoms with Crippen molar-refractivity contribution in [3.8, 4) is 11.5 Å². The van der Waals surface area contributed by atoms with Crippen LogP contribution in [0.3, 0.4) is 0 Å². The number of aryl methyl sites for hydroxylation is 1. The SMILES string of the molecule is CCNC(N)=NCCCc1ccc(OC)c(OCC)c1.I. The molecule has 120 valence electrons. The number of guanidine groups is 1. The van der Waals surface area contributed by atoms with Crippen LogP contribution in [-0.4, -0.2) is 32.8 Å². The van der Waals surface area contributed by atoms with Crippen LogP contribution in [0.2, 0.25) is 0 Å². The Hall–Kier alpha value is -1.18. The third-order valence-corrected chi connectivity index (χ3v) is 2.79. The largest absolute Gasteiger partial charge is 0.493 e. The molecule has 0 aliphatic carbocycles. The number of rotatable bonds is 8. The Bertz CT molecular complexity index is 439. The molecule has 0 heterocycles. The fourth-order valence-electron chi connectivity index (χ4n) is 1.86. The molecule has 0 amide bonds. The van der Waals surface area contributed by atoms with Gasteiger partial charge in [-0.25, -0.2) is 0 Å². The summed E-state index contributed by atoms with van der Waals surface area (Å²) in [5.41, 5.74) is 6.88. The zero-order valence-electron chi connectivity index (χ0n) is 13.0. The van der Waals surface area contributed by atoms with Gasteiger partial charge in [0.25, 0.3) is 0 Å². The fraction of sp³-hybridized carbons (Fsp3) is 0.533. The van der Waals surface area contributed by atoms with E-state index in [2.05, 4.69) is 16.4 Å². The monoisotopic (exact) mass is 407 g/mol. The van der Waals surface area contributed by atoms with Crippen molar-refractivity contribution in [1.82, 2.24) is 5.32 Å². The molecule has 1 aromatic rings. The van der Waals surface area contributed by atoms with Gasteiger partial charge in [0.05, 0.1) is 13.7 Å². The Balaban J connectivity index is 0.00000400. The van der Waals surface area contributed by atoms with Gasteiger partial charge in [-0.15, -0.1) is 24.0 Å². The predicted octanol–water partition coefficient (Wildman–Crippen LogP) is 2.57. The minimum Gasteiger partial charge on any atom is -0.493 e. The number of hydrogen-bond acceptors (Lipinski definition) is 3. The number of nitrogens with zero attached hydrogens (tertiary/aromatic N) is 1. The van der Waals surface area contributed by atoms with E-state index in [0.29, 0.717) is 12.6 Å². The average Bonchev–Trinajstić information content (AvgIpc) is 2.44. The molecule has 0 spiro atoms. The molecule has 0 aliphatic heterocycles. The highest BCUT2D eigenvalue weighted by Gasteiger charge is 2.05. The number of nitrogens with one attached hydrogen (secondary N) is 1. The summed E-state index contributed by atoms with van der Waals surface area (Å²) in [5.74, 6) is 2.07. The van der Waals surface area contributed by atoms with Crippen LogP contribution < -0.4 is 20.5 Å². The van der Waals surface area contributed by atoms with Crippen molar-refractivity contribution in [3.05, 3.63) is 23.8 Å². The third-order valence-electron chi connectivity index (χ3n) is 2.79. The van der Waals surface area contributed by atoms with Crippen molar-refractivity contribution in [1.29, 1.82) is 0 Å². The Morgan fingerprint density at radius 1 is 1.29 bits per heavy atom. The standard InChI is InChI=1S/C15H25N3O2.HI/c1-4-17-15(16)18-10-6-7-12-8-9-13(19-3)14(11-12)20-5-2;/h8-9,11H,4-7,10H2,1-3H3,(H3,16,17,18);1H. The first-order valence-corrected chi connectivity index (χ1v) is 7.04. The topological polar surface area (TPSA) is 68.9 Å². The van der Waals surface area contributed by atoms with Crippen molar-refractivity contribution in [2.24, 2.45) is 10.7 Å². The third kappa shape index (κ3) is 7.40. The average molecular weight is 407 g/mol. The Labute approximate surface area is 144 Å². The lowest BCUT2D eigenvalue weighted by atomic mass is 10.1. The van der Waals surface area contributed by atoms with Gasteiger partial charge in [0.1, 0.15) is 0 Å². The Morgan fingerprint density at radius 2 is 2.05 bits per heavy atom. The summed E-state index contributed by atoms with van der Waals surface area (Å²) < 4.78 is 10.8. The van der Waals surface area contributed by atoms with Gasteiger partial charge in [0, 0.05) is 13.1 Å². The van der Waals surface area contributed by atoms with Gasteiger partial charge in [0.15, 0.2) is 17.5 Å². The highest BCUT2D eigenvalue weighted by atomic mass is 127. The molecule has 0 bridgehead atoms. The van der Waals surface area contributed by atoms with Gasteiger partial charge in [-0.1, -0.05) is 6.07 Å². The molecular formula is C15H26IN3O2. The van der Waals surface area contributed by atoms with Crippen molar-refractivity contribution in [2.45, 2.75) is 26.7 Å². The number of hydrogen-bond donors (Lipinski definition) is 2. The summed E-state index contributed by atoms with van der Waals surface area (Å²) in [6.07, 6.45) is 1.89. The van der Waals surface area contributed by atoms with E-state index in [4.69, 9.17) is 15.2 Å². The summed E-state index contributed by atoms with van der Waals surface area (Å²) in [6, 6.07) is 6.02. The van der Waals surface area contributed by atoms with E-state index in [1.165, 1.54) is 5.56 Å². The normalized spacial score (nSPS) is 10.7. The maximum absolute atomic E-state index is 5.67. The van der Waals surface area contributed by atoms with Crippen LogP contribution >= 0.6 is 24.0 Å². The van der Waals surface area contributed by atoms with Crippen LogP contribution in [0.5, 0.6) is 11.5 Å². The maximum Gasteiger partial charge on any atom is 0.188 e. The van der Waals surface area contributed by atoms with Crippen LogP contribution in [0.1, 0.15) is 25.8 Å². The number of ether oxygens (including phenoxy) is 2. The van der Waals surface area contributed by atoms with Gasteiger partial charge < -0.3 is 20.5 Å². The van der Waals surface area contributed by atoms with Crippen molar-refractivity contribution >= 4 is 29.9 Å². The quantitative estimate of drug-likeness (QED) is 0.301. The number of nitrogens with two attached hydrogens (primary N) is 1. The molecule has 0 radical (unpaired) electrons. The predicted molar refractivity (Wildman–Crippen MR) is 98.1 cm³/mol. The van der Waals surface area contributed by atoms with Crippen LogP contribution in [0.15, 0.2) is 23.2 Å². The second-order valence-corrected chi connectivity index (χ2v) is 4.32. The Morgan fingerprint density at radius 3 is 2.67 bits per heavy atom. The second-order valence-electron chi connectivity index (χ2n) is 4.32. The summed E-state index contributed by atoms with van der Waals surface area (Å²) >= 11 is 0. The number of benzene rings is 1. The van der Waals surface area contributed by atoms with Crippen LogP contribution in [0.4, 0.5) is 0 Å². The fourth-order valence-corrected chi connectivity index (χ4v) is 1.86. The lowest BCUT2D eigenvalue weighted by molar-refractivity contribution is 0.310. The van der Waals surface area contributed by atoms with Crippen molar-refractivity contribution in [2.75, 3.05) is 26.8 Å². The number of aliphatic imine (C=N–C) groups is 1. The van der Waals surface area contributed by atoms with Crippen molar-refractivity contribution < 1.29 is 9.47 Å². The lowest BCUT2D eigenvalue weighted by Gasteiger charge is -2.10. The molecule has 3 N–H and O–H groups in total. The minimum absolute atomic E-state index is 0.